The van der Waals surface area contributed by atoms with Crippen molar-refractivity contribution >= 4 is 11.8 Å². The highest BCUT2D eigenvalue weighted by Crippen LogP contribution is 2.27. The van der Waals surface area contributed by atoms with Crippen LogP contribution in [-0.2, 0) is 12.4 Å². The monoisotopic (exact) mass is 431 g/mol. The maximum absolute atomic E-state index is 6.05. The van der Waals surface area contributed by atoms with Crippen LogP contribution in [0.25, 0.3) is 5.69 Å². The van der Waals surface area contributed by atoms with Crippen LogP contribution < -0.4 is 9.47 Å². The molecule has 0 atom stereocenters. The minimum Gasteiger partial charge on any atom is -0.497 e. The van der Waals surface area contributed by atoms with Gasteiger partial charge in [-0.2, -0.15) is 0 Å². The standard InChI is InChI=1S/C25H25N3O2S/c1-18-9-12-23(15-19(18)2)30-16-24-26-27-25(28(24)21-7-5-4-6-8-21)31-17-20-10-13-22(29-3)14-11-20/h4-15H,16-17H2,1-3H3. The van der Waals surface area contributed by atoms with Gasteiger partial charge < -0.3 is 9.47 Å². The lowest BCUT2D eigenvalue weighted by molar-refractivity contribution is 0.292. The van der Waals surface area contributed by atoms with E-state index in [-0.39, 0.29) is 0 Å². The summed E-state index contributed by atoms with van der Waals surface area (Å²) >= 11 is 1.65. The van der Waals surface area contributed by atoms with E-state index in [1.54, 1.807) is 18.9 Å². The summed E-state index contributed by atoms with van der Waals surface area (Å²) in [7, 11) is 1.67. The fourth-order valence-electron chi connectivity index (χ4n) is 3.14. The highest BCUT2D eigenvalue weighted by Gasteiger charge is 2.15. The van der Waals surface area contributed by atoms with Crippen molar-refractivity contribution in [2.45, 2.75) is 31.4 Å². The second-order valence-electron chi connectivity index (χ2n) is 7.24. The van der Waals surface area contributed by atoms with Gasteiger partial charge in [-0.25, -0.2) is 0 Å². The summed E-state index contributed by atoms with van der Waals surface area (Å²) in [5, 5.41) is 9.72. The first kappa shape index (κ1) is 21.0. The van der Waals surface area contributed by atoms with Gasteiger partial charge >= 0.3 is 0 Å². The normalized spacial score (nSPS) is 10.8. The molecule has 3 aromatic carbocycles. The Balaban J connectivity index is 1.55. The van der Waals surface area contributed by atoms with E-state index >= 15 is 0 Å². The Hall–Kier alpha value is -3.25. The Morgan fingerprint density at radius 3 is 2.29 bits per heavy atom. The second kappa shape index (κ2) is 9.71. The van der Waals surface area contributed by atoms with Crippen molar-refractivity contribution < 1.29 is 9.47 Å². The van der Waals surface area contributed by atoms with Crippen molar-refractivity contribution in [1.82, 2.24) is 14.8 Å². The first-order valence-corrected chi connectivity index (χ1v) is 11.1. The quantitative estimate of drug-likeness (QED) is 0.332. The number of benzene rings is 3. The zero-order valence-electron chi connectivity index (χ0n) is 17.9. The van der Waals surface area contributed by atoms with E-state index in [4.69, 9.17) is 9.47 Å². The van der Waals surface area contributed by atoms with Gasteiger partial charge in [0, 0.05) is 11.4 Å². The zero-order chi connectivity index (χ0) is 21.6. The van der Waals surface area contributed by atoms with E-state index in [1.807, 2.05) is 36.4 Å². The molecule has 0 saturated carbocycles. The van der Waals surface area contributed by atoms with Crippen molar-refractivity contribution in [3.63, 3.8) is 0 Å². The number of thioether (sulfide) groups is 1. The number of ether oxygens (including phenoxy) is 2. The van der Waals surface area contributed by atoms with E-state index in [0.717, 1.165) is 33.9 Å². The molecule has 0 bridgehead atoms. The van der Waals surface area contributed by atoms with Gasteiger partial charge in [0.1, 0.15) is 18.1 Å². The second-order valence-corrected chi connectivity index (χ2v) is 8.18. The Morgan fingerprint density at radius 2 is 1.58 bits per heavy atom. The van der Waals surface area contributed by atoms with Gasteiger partial charge in [0.05, 0.1) is 7.11 Å². The molecule has 0 amide bonds. The number of aryl methyl sites for hydroxylation is 2. The molecule has 4 aromatic rings. The molecule has 0 spiro atoms. The summed E-state index contributed by atoms with van der Waals surface area (Å²) in [4.78, 5) is 0. The molecule has 0 fully saturated rings. The van der Waals surface area contributed by atoms with Gasteiger partial charge in [0.25, 0.3) is 0 Å². The largest absolute Gasteiger partial charge is 0.497 e. The summed E-state index contributed by atoms with van der Waals surface area (Å²) in [6.07, 6.45) is 0. The summed E-state index contributed by atoms with van der Waals surface area (Å²) in [6, 6.07) is 24.3. The lowest BCUT2D eigenvalue weighted by Crippen LogP contribution is -2.06. The molecule has 1 heterocycles. The number of methoxy groups -OCH3 is 1. The zero-order valence-corrected chi connectivity index (χ0v) is 18.7. The van der Waals surface area contributed by atoms with E-state index in [1.165, 1.54) is 16.7 Å². The topological polar surface area (TPSA) is 49.2 Å². The van der Waals surface area contributed by atoms with Gasteiger partial charge in [-0.15, -0.1) is 10.2 Å². The number of hydrogen-bond acceptors (Lipinski definition) is 5. The van der Waals surface area contributed by atoms with Crippen molar-refractivity contribution in [2.75, 3.05) is 7.11 Å². The van der Waals surface area contributed by atoms with E-state index in [0.29, 0.717) is 6.61 Å². The predicted molar refractivity (Wildman–Crippen MR) is 124 cm³/mol. The summed E-state index contributed by atoms with van der Waals surface area (Å²) in [5.41, 5.74) is 4.67. The van der Waals surface area contributed by atoms with Gasteiger partial charge in [0.15, 0.2) is 11.0 Å². The first-order valence-electron chi connectivity index (χ1n) is 10.1. The van der Waals surface area contributed by atoms with E-state index in [2.05, 4.69) is 65.0 Å². The molecule has 0 unspecified atom stereocenters. The third-order valence-electron chi connectivity index (χ3n) is 5.09. The Kier molecular flexibility index (Phi) is 6.57. The van der Waals surface area contributed by atoms with Crippen LogP contribution in [-0.4, -0.2) is 21.9 Å². The number of hydrogen-bond donors (Lipinski definition) is 0. The molecule has 158 valence electrons. The lowest BCUT2D eigenvalue weighted by Gasteiger charge is -2.12. The average Bonchev–Trinajstić information content (AvgIpc) is 3.22. The van der Waals surface area contributed by atoms with Crippen LogP contribution >= 0.6 is 11.8 Å². The molecule has 0 aliphatic rings. The van der Waals surface area contributed by atoms with Crippen LogP contribution in [0, 0.1) is 13.8 Å². The molecule has 31 heavy (non-hydrogen) atoms. The smallest absolute Gasteiger partial charge is 0.196 e. The average molecular weight is 432 g/mol. The molecule has 0 radical (unpaired) electrons. The molecule has 0 saturated heterocycles. The third-order valence-corrected chi connectivity index (χ3v) is 6.09. The molecular formula is C25H25N3O2S. The number of para-hydroxylation sites is 1. The summed E-state index contributed by atoms with van der Waals surface area (Å²) in [6.45, 7) is 4.52. The van der Waals surface area contributed by atoms with Crippen LogP contribution in [0.3, 0.4) is 0 Å². The highest BCUT2D eigenvalue weighted by molar-refractivity contribution is 7.98. The van der Waals surface area contributed by atoms with Crippen LogP contribution in [0.15, 0.2) is 78.0 Å². The molecule has 0 N–H and O–H groups in total. The fourth-order valence-corrected chi connectivity index (χ4v) is 4.07. The molecule has 6 heteroatoms. The van der Waals surface area contributed by atoms with Crippen molar-refractivity contribution in [2.24, 2.45) is 0 Å². The van der Waals surface area contributed by atoms with Gasteiger partial charge in [-0.05, 0) is 66.9 Å². The third kappa shape index (κ3) is 5.09. The highest BCUT2D eigenvalue weighted by atomic mass is 32.2. The first-order chi connectivity index (χ1) is 15.1. The van der Waals surface area contributed by atoms with Gasteiger partial charge in [-0.1, -0.05) is 48.2 Å². The maximum Gasteiger partial charge on any atom is 0.196 e. The molecule has 0 aliphatic carbocycles. The Bertz CT molecular complexity index is 1140. The Morgan fingerprint density at radius 1 is 0.839 bits per heavy atom. The van der Waals surface area contributed by atoms with Gasteiger partial charge in [0.2, 0.25) is 0 Å². The van der Waals surface area contributed by atoms with Crippen LogP contribution in [0.2, 0.25) is 0 Å². The molecule has 0 aliphatic heterocycles. The summed E-state index contributed by atoms with van der Waals surface area (Å²) in [5.74, 6) is 3.24. The molecule has 1 aromatic heterocycles. The van der Waals surface area contributed by atoms with E-state index in [9.17, 15) is 0 Å². The van der Waals surface area contributed by atoms with Crippen molar-refractivity contribution in [3.05, 3.63) is 95.3 Å². The van der Waals surface area contributed by atoms with Gasteiger partial charge in [-0.3, -0.25) is 4.57 Å². The fraction of sp³-hybridized carbons (Fsp3) is 0.200. The van der Waals surface area contributed by atoms with Crippen LogP contribution in [0.4, 0.5) is 0 Å². The maximum atomic E-state index is 6.05. The number of rotatable bonds is 8. The van der Waals surface area contributed by atoms with Crippen molar-refractivity contribution in [3.8, 4) is 17.2 Å². The van der Waals surface area contributed by atoms with Crippen LogP contribution in [0.5, 0.6) is 11.5 Å². The molecular weight excluding hydrogens is 406 g/mol. The number of nitrogens with zero attached hydrogens (tertiary/aromatic N) is 3. The Labute approximate surface area is 187 Å². The number of aromatic nitrogens is 3. The van der Waals surface area contributed by atoms with Crippen LogP contribution in [0.1, 0.15) is 22.5 Å². The minimum atomic E-state index is 0.341. The predicted octanol–water partition coefficient (Wildman–Crippen LogP) is 5.76. The molecule has 4 rings (SSSR count). The SMILES string of the molecule is COc1ccc(CSc2nnc(COc3ccc(C)c(C)c3)n2-c2ccccc2)cc1. The summed E-state index contributed by atoms with van der Waals surface area (Å²) < 4.78 is 13.4. The van der Waals surface area contributed by atoms with Crippen molar-refractivity contribution in [1.29, 1.82) is 0 Å². The minimum absolute atomic E-state index is 0.341. The molecule has 5 nitrogen and oxygen atoms in total. The lowest BCUT2D eigenvalue weighted by atomic mass is 10.1. The van der Waals surface area contributed by atoms with E-state index < -0.39 is 0 Å².